The number of carbonyl (C=O) groups is 1. The summed E-state index contributed by atoms with van der Waals surface area (Å²) in [5, 5.41) is 2.92. The van der Waals surface area contributed by atoms with Crippen LogP contribution in [0.2, 0.25) is 0 Å². The topological polar surface area (TPSA) is 101 Å². The number of carbonyl (C=O) groups excluding carboxylic acids is 1. The molecule has 0 bridgehead atoms. The van der Waals surface area contributed by atoms with Crippen molar-refractivity contribution >= 4 is 34.0 Å². The highest BCUT2D eigenvalue weighted by molar-refractivity contribution is 7.92. The molecule has 4 N–H and O–H groups in total. The van der Waals surface area contributed by atoms with Gasteiger partial charge in [0.25, 0.3) is 15.9 Å². The van der Waals surface area contributed by atoms with Crippen molar-refractivity contribution in [1.29, 1.82) is 0 Å². The van der Waals surface area contributed by atoms with Crippen LogP contribution in [0.1, 0.15) is 31.1 Å². The van der Waals surface area contributed by atoms with Crippen molar-refractivity contribution in [2.75, 3.05) is 11.3 Å². The molecular formula is C19H25ClFN3O3S. The summed E-state index contributed by atoms with van der Waals surface area (Å²) in [6.07, 6.45) is 0. The summed E-state index contributed by atoms with van der Waals surface area (Å²) >= 11 is 0. The summed E-state index contributed by atoms with van der Waals surface area (Å²) in [5.74, 6) is -0.659. The third-order valence-electron chi connectivity index (χ3n) is 4.62. The molecule has 6 nitrogen and oxygen atoms in total. The maximum Gasteiger partial charge on any atom is 0.261 e. The predicted molar refractivity (Wildman–Crippen MR) is 111 cm³/mol. The average molecular weight is 430 g/mol. The van der Waals surface area contributed by atoms with E-state index in [0.29, 0.717) is 17.8 Å². The molecule has 1 unspecified atom stereocenters. The monoisotopic (exact) mass is 429 g/mol. The van der Waals surface area contributed by atoms with Crippen LogP contribution in [0.25, 0.3) is 0 Å². The molecule has 1 amide bonds. The number of sulfonamides is 1. The molecule has 0 saturated heterocycles. The fourth-order valence-electron chi connectivity index (χ4n) is 2.28. The van der Waals surface area contributed by atoms with E-state index in [9.17, 15) is 17.6 Å². The molecule has 2 aromatic carbocycles. The number of rotatable bonds is 7. The van der Waals surface area contributed by atoms with Crippen LogP contribution >= 0.6 is 12.4 Å². The molecule has 28 heavy (non-hydrogen) atoms. The highest BCUT2D eigenvalue weighted by Crippen LogP contribution is 2.19. The van der Waals surface area contributed by atoms with Gasteiger partial charge in [-0.2, -0.15) is 0 Å². The molecule has 0 radical (unpaired) electrons. The molecular weight excluding hydrogens is 405 g/mol. The summed E-state index contributed by atoms with van der Waals surface area (Å²) in [5.41, 5.74) is 5.92. The molecule has 154 valence electrons. The molecule has 0 saturated carbocycles. The maximum atomic E-state index is 13.0. The number of amides is 1. The Morgan fingerprint density at radius 2 is 1.64 bits per heavy atom. The van der Waals surface area contributed by atoms with Crippen LogP contribution in [-0.4, -0.2) is 26.4 Å². The lowest BCUT2D eigenvalue weighted by atomic mass is 9.88. The van der Waals surface area contributed by atoms with Crippen molar-refractivity contribution < 1.29 is 17.6 Å². The van der Waals surface area contributed by atoms with E-state index >= 15 is 0 Å². The first kappa shape index (κ1) is 23.9. The highest BCUT2D eigenvalue weighted by Gasteiger charge is 2.28. The van der Waals surface area contributed by atoms with Gasteiger partial charge >= 0.3 is 0 Å². The smallest absolute Gasteiger partial charge is 0.261 e. The number of anilines is 1. The second-order valence-corrected chi connectivity index (χ2v) is 8.55. The largest absolute Gasteiger partial charge is 0.345 e. The summed E-state index contributed by atoms with van der Waals surface area (Å²) < 4.78 is 40.0. The molecule has 1 atom stereocenters. The third-order valence-corrected chi connectivity index (χ3v) is 6.02. The Kier molecular flexibility index (Phi) is 7.98. The SMILES string of the molecule is CC(C)C(C)(CN)NC(=O)c1ccc(NS(=O)(=O)c2ccc(F)cc2)cc1.Cl. The van der Waals surface area contributed by atoms with E-state index in [4.69, 9.17) is 5.73 Å². The van der Waals surface area contributed by atoms with Crippen LogP contribution in [0.3, 0.4) is 0 Å². The minimum absolute atomic E-state index is 0. The Labute approximate surface area is 171 Å². The average Bonchev–Trinajstić information content (AvgIpc) is 2.62. The lowest BCUT2D eigenvalue weighted by molar-refractivity contribution is 0.0883. The normalized spacial score (nSPS) is 13.4. The van der Waals surface area contributed by atoms with E-state index in [1.165, 1.54) is 36.4 Å². The van der Waals surface area contributed by atoms with Crippen molar-refractivity contribution in [3.05, 3.63) is 59.9 Å². The Morgan fingerprint density at radius 1 is 1.11 bits per heavy atom. The van der Waals surface area contributed by atoms with Crippen molar-refractivity contribution in [3.63, 3.8) is 0 Å². The first-order valence-corrected chi connectivity index (χ1v) is 9.97. The standard InChI is InChI=1S/C19H24FN3O3S.ClH/c1-13(2)19(3,12-21)22-18(24)14-4-8-16(9-5-14)23-27(25,26)17-10-6-15(20)7-11-17;/h4-11,13,23H,12,21H2,1-3H3,(H,22,24);1H. The van der Waals surface area contributed by atoms with Gasteiger partial charge in [0.2, 0.25) is 0 Å². The van der Waals surface area contributed by atoms with Crippen LogP contribution in [0, 0.1) is 11.7 Å². The first-order chi connectivity index (χ1) is 12.6. The molecule has 0 spiro atoms. The van der Waals surface area contributed by atoms with Crippen molar-refractivity contribution in [1.82, 2.24) is 5.32 Å². The van der Waals surface area contributed by atoms with Gasteiger partial charge in [0.15, 0.2) is 0 Å². The zero-order valence-electron chi connectivity index (χ0n) is 15.9. The second-order valence-electron chi connectivity index (χ2n) is 6.87. The highest BCUT2D eigenvalue weighted by atomic mass is 35.5. The maximum absolute atomic E-state index is 13.0. The number of hydrogen-bond donors (Lipinski definition) is 3. The fourth-order valence-corrected chi connectivity index (χ4v) is 3.34. The summed E-state index contributed by atoms with van der Waals surface area (Å²) in [7, 11) is -3.84. The number of nitrogens with one attached hydrogen (secondary N) is 2. The lowest BCUT2D eigenvalue weighted by Gasteiger charge is -2.33. The predicted octanol–water partition coefficient (Wildman–Crippen LogP) is 3.15. The van der Waals surface area contributed by atoms with Gasteiger partial charge in [0.1, 0.15) is 5.82 Å². The van der Waals surface area contributed by atoms with Crippen LogP contribution in [0.15, 0.2) is 53.4 Å². The summed E-state index contributed by atoms with van der Waals surface area (Å²) in [6.45, 7) is 6.12. The van der Waals surface area contributed by atoms with Gasteiger partial charge in [-0.25, -0.2) is 12.8 Å². The fraction of sp³-hybridized carbons (Fsp3) is 0.316. The van der Waals surface area contributed by atoms with Crippen LogP contribution in [0.4, 0.5) is 10.1 Å². The van der Waals surface area contributed by atoms with Crippen LogP contribution in [-0.2, 0) is 10.0 Å². The molecule has 0 heterocycles. The summed E-state index contributed by atoms with van der Waals surface area (Å²) in [4.78, 5) is 12.4. The van der Waals surface area contributed by atoms with Crippen LogP contribution < -0.4 is 15.8 Å². The zero-order valence-corrected chi connectivity index (χ0v) is 17.5. The minimum atomic E-state index is -3.84. The molecule has 2 aromatic rings. The van der Waals surface area contributed by atoms with Gasteiger partial charge in [0.05, 0.1) is 10.4 Å². The lowest BCUT2D eigenvalue weighted by Crippen LogP contribution is -2.55. The Hall–Kier alpha value is -2.16. The summed E-state index contributed by atoms with van der Waals surface area (Å²) in [6, 6.07) is 10.5. The Morgan fingerprint density at radius 3 is 2.11 bits per heavy atom. The van der Waals surface area contributed by atoms with Gasteiger partial charge in [-0.05, 0) is 61.4 Å². The zero-order chi connectivity index (χ0) is 20.2. The van der Waals surface area contributed by atoms with Crippen molar-refractivity contribution in [2.45, 2.75) is 31.2 Å². The minimum Gasteiger partial charge on any atom is -0.345 e. The van der Waals surface area contributed by atoms with Gasteiger partial charge in [-0.1, -0.05) is 13.8 Å². The second kappa shape index (κ2) is 9.36. The number of benzene rings is 2. The first-order valence-electron chi connectivity index (χ1n) is 8.48. The Balaban J connectivity index is 0.00000392. The van der Waals surface area contributed by atoms with Crippen LogP contribution in [0.5, 0.6) is 0 Å². The Bertz CT molecular complexity index is 903. The quantitative estimate of drug-likeness (QED) is 0.629. The molecule has 0 fully saturated rings. The van der Waals surface area contributed by atoms with Gasteiger partial charge in [-0.3, -0.25) is 9.52 Å². The molecule has 9 heteroatoms. The van der Waals surface area contributed by atoms with E-state index in [1.54, 1.807) is 0 Å². The van der Waals surface area contributed by atoms with Gasteiger partial charge < -0.3 is 11.1 Å². The van der Waals surface area contributed by atoms with E-state index in [0.717, 1.165) is 12.1 Å². The van der Waals surface area contributed by atoms with E-state index < -0.39 is 21.4 Å². The van der Waals surface area contributed by atoms with E-state index in [-0.39, 0.29) is 29.1 Å². The van der Waals surface area contributed by atoms with Crippen molar-refractivity contribution in [3.8, 4) is 0 Å². The van der Waals surface area contributed by atoms with Crippen molar-refractivity contribution in [2.24, 2.45) is 11.7 Å². The number of halogens is 2. The molecule has 0 aliphatic heterocycles. The third kappa shape index (κ3) is 5.67. The van der Waals surface area contributed by atoms with E-state index in [1.807, 2.05) is 20.8 Å². The van der Waals surface area contributed by atoms with Gasteiger partial charge in [0, 0.05) is 17.8 Å². The molecule has 2 rings (SSSR count). The molecule has 0 aliphatic rings. The molecule has 0 aliphatic carbocycles. The molecule has 0 aromatic heterocycles. The number of hydrogen-bond acceptors (Lipinski definition) is 4. The number of nitrogens with two attached hydrogens (primary N) is 1. The van der Waals surface area contributed by atoms with Gasteiger partial charge in [-0.15, -0.1) is 12.4 Å². The van der Waals surface area contributed by atoms with E-state index in [2.05, 4.69) is 10.0 Å².